The van der Waals surface area contributed by atoms with Crippen molar-refractivity contribution in [3.63, 3.8) is 0 Å². The number of hydrogen-bond acceptors (Lipinski definition) is 10. The molecule has 0 radical (unpaired) electrons. The summed E-state index contributed by atoms with van der Waals surface area (Å²) < 4.78 is 22.9. The molecule has 0 aromatic heterocycles. The average Bonchev–Trinajstić information content (AvgIpc) is 3.04. The van der Waals surface area contributed by atoms with Gasteiger partial charge in [-0.1, -0.05) is 0 Å². The minimum Gasteiger partial charge on any atom is -0.444 e. The number of halogens is 1. The van der Waals surface area contributed by atoms with Crippen LogP contribution in [0.15, 0.2) is 48.5 Å². The van der Waals surface area contributed by atoms with Crippen LogP contribution in [0, 0.1) is 26.0 Å². The van der Waals surface area contributed by atoms with Crippen LogP contribution in [0.2, 0.25) is 0 Å². The van der Waals surface area contributed by atoms with Gasteiger partial charge in [0.25, 0.3) is 11.4 Å². The molecule has 2 aromatic carbocycles. The monoisotopic (exact) mass is 690 g/mol. The van der Waals surface area contributed by atoms with E-state index in [1.807, 2.05) is 48.6 Å². The normalized spacial score (nSPS) is 15.4. The summed E-state index contributed by atoms with van der Waals surface area (Å²) in [4.78, 5) is 49.2. The van der Waals surface area contributed by atoms with E-state index in [0.29, 0.717) is 6.04 Å². The molecule has 0 aliphatic carbocycles. The number of piperidine rings is 2. The van der Waals surface area contributed by atoms with Crippen LogP contribution >= 0.6 is 0 Å². The van der Waals surface area contributed by atoms with Crippen molar-refractivity contribution in [2.75, 3.05) is 45.2 Å². The van der Waals surface area contributed by atoms with E-state index in [0.717, 1.165) is 81.8 Å². The lowest BCUT2D eigenvalue weighted by Gasteiger charge is -2.38. The molecule has 4 rings (SSSR count). The third-order valence-electron chi connectivity index (χ3n) is 7.69. The number of nitrogens with zero attached hydrogens (tertiary/aromatic N) is 5. The van der Waals surface area contributed by atoms with Gasteiger partial charge in [0, 0.05) is 69.2 Å². The number of ether oxygens (including phenoxy) is 2. The van der Waals surface area contributed by atoms with Gasteiger partial charge in [-0.05, 0) is 105 Å². The Morgan fingerprint density at radius 3 is 1.47 bits per heavy atom. The topological polar surface area (TPSA) is 161 Å². The van der Waals surface area contributed by atoms with E-state index in [1.165, 1.54) is 12.1 Å². The Balaban J connectivity index is 0.000000283. The molecule has 15 heteroatoms. The van der Waals surface area contributed by atoms with Gasteiger partial charge < -0.3 is 29.5 Å². The largest absolute Gasteiger partial charge is 0.444 e. The van der Waals surface area contributed by atoms with Crippen molar-refractivity contribution >= 4 is 29.2 Å². The van der Waals surface area contributed by atoms with Gasteiger partial charge in [-0.2, -0.15) is 0 Å². The Morgan fingerprint density at radius 1 is 0.735 bits per heavy atom. The zero-order valence-corrected chi connectivity index (χ0v) is 29.8. The molecule has 2 heterocycles. The number of carbonyl (C=O) groups is 2. The van der Waals surface area contributed by atoms with Crippen LogP contribution in [0.25, 0.3) is 0 Å². The number of carbonyl (C=O) groups excluding carboxylic acids is 2. The summed E-state index contributed by atoms with van der Waals surface area (Å²) in [6, 6.07) is 11.4. The first kappa shape index (κ1) is 40.6. The highest BCUT2D eigenvalue weighted by Gasteiger charge is 2.29. The van der Waals surface area contributed by atoms with Crippen molar-refractivity contribution in [2.24, 2.45) is 0 Å². The van der Waals surface area contributed by atoms with Gasteiger partial charge in [0.15, 0.2) is 0 Å². The van der Waals surface area contributed by atoms with Gasteiger partial charge in [0.2, 0.25) is 0 Å². The molecule has 2 aliphatic heterocycles. The Hall–Kier alpha value is -4.53. The Morgan fingerprint density at radius 2 is 1.10 bits per heavy atom. The standard InChI is InChI=1S/C17H25N3O4.C11H22N2O2.C6H4FNO2/c1-17(2,3)24-16(21)18(4)13-9-11-19(12-10-13)14-5-7-15(8-6-14)20(22)23;1-11(2,3)15-10(14)13(4)9-5-7-12-8-6-9;7-5-1-3-6(4-2-5)8(9)10/h5-8,13H,9-12H2,1-4H3;9,12H,5-8H2,1-4H3;1-4H. The lowest BCUT2D eigenvalue weighted by atomic mass is 10.0. The highest BCUT2D eigenvalue weighted by molar-refractivity contribution is 5.68. The number of nitro benzene ring substituents is 2. The number of amides is 2. The third kappa shape index (κ3) is 14.6. The number of nitro groups is 2. The molecule has 0 atom stereocenters. The minimum absolute atomic E-state index is 0.0956. The maximum absolute atomic E-state index is 12.1. The maximum atomic E-state index is 12.1. The molecule has 14 nitrogen and oxygen atoms in total. The van der Waals surface area contributed by atoms with Crippen LogP contribution in [0.5, 0.6) is 0 Å². The average molecular weight is 691 g/mol. The van der Waals surface area contributed by atoms with Crippen molar-refractivity contribution in [1.29, 1.82) is 0 Å². The Bertz CT molecular complexity index is 1370. The summed E-state index contributed by atoms with van der Waals surface area (Å²) in [6.45, 7) is 14.8. The molecule has 2 aromatic rings. The van der Waals surface area contributed by atoms with Crippen LogP contribution in [0.4, 0.5) is 31.0 Å². The molecule has 0 saturated carbocycles. The molecule has 49 heavy (non-hydrogen) atoms. The fourth-order valence-corrected chi connectivity index (χ4v) is 5.02. The number of non-ortho nitro benzene ring substituents is 2. The van der Waals surface area contributed by atoms with E-state index in [4.69, 9.17) is 9.47 Å². The molecular formula is C34H51FN6O8. The first-order chi connectivity index (χ1) is 22.8. The lowest BCUT2D eigenvalue weighted by molar-refractivity contribution is -0.385. The fourth-order valence-electron chi connectivity index (χ4n) is 5.02. The van der Waals surface area contributed by atoms with Crippen LogP contribution in [0.1, 0.15) is 67.2 Å². The smallest absolute Gasteiger partial charge is 0.410 e. The highest BCUT2D eigenvalue weighted by atomic mass is 19.1. The zero-order chi connectivity index (χ0) is 36.9. The summed E-state index contributed by atoms with van der Waals surface area (Å²) in [5.41, 5.74) is 0.0712. The molecule has 0 spiro atoms. The first-order valence-corrected chi connectivity index (χ1v) is 16.3. The third-order valence-corrected chi connectivity index (χ3v) is 7.69. The second-order valence-corrected chi connectivity index (χ2v) is 13.9. The van der Waals surface area contributed by atoms with Gasteiger partial charge in [0.1, 0.15) is 17.0 Å². The number of benzene rings is 2. The SMILES string of the molecule is CN(C(=O)OC(C)(C)C)C1CCN(c2ccc([N+](=O)[O-])cc2)CC1.CN(C(=O)OC(C)(C)C)C1CCNCC1.O=[N+]([O-])c1ccc(F)cc1. The van der Waals surface area contributed by atoms with E-state index in [9.17, 15) is 34.2 Å². The van der Waals surface area contributed by atoms with Crippen molar-refractivity contribution in [3.8, 4) is 0 Å². The van der Waals surface area contributed by atoms with Gasteiger partial charge >= 0.3 is 12.2 Å². The second kappa shape index (κ2) is 18.3. The summed E-state index contributed by atoms with van der Waals surface area (Å²) in [5.74, 6) is -0.467. The van der Waals surface area contributed by atoms with E-state index in [-0.39, 0.29) is 29.6 Å². The Labute approximate surface area is 287 Å². The second-order valence-electron chi connectivity index (χ2n) is 13.9. The number of nitrogens with one attached hydrogen (secondary N) is 1. The molecule has 2 fully saturated rings. The molecule has 272 valence electrons. The summed E-state index contributed by atoms with van der Waals surface area (Å²) >= 11 is 0. The Kier molecular flexibility index (Phi) is 15.2. The van der Waals surface area contributed by atoms with Crippen LogP contribution in [-0.2, 0) is 9.47 Å². The first-order valence-electron chi connectivity index (χ1n) is 16.3. The van der Waals surface area contributed by atoms with E-state index >= 15 is 0 Å². The van der Waals surface area contributed by atoms with Gasteiger partial charge in [-0.25, -0.2) is 14.0 Å². The van der Waals surface area contributed by atoms with Crippen LogP contribution in [0.3, 0.4) is 0 Å². The van der Waals surface area contributed by atoms with Crippen molar-refractivity contribution in [3.05, 3.63) is 74.6 Å². The molecule has 0 unspecified atom stereocenters. The molecule has 2 saturated heterocycles. The van der Waals surface area contributed by atoms with E-state index < -0.39 is 26.9 Å². The lowest BCUT2D eigenvalue weighted by Crippen LogP contribution is -2.47. The molecule has 1 N–H and O–H groups in total. The van der Waals surface area contributed by atoms with Gasteiger partial charge in [0.05, 0.1) is 9.85 Å². The minimum atomic E-state index is -0.570. The van der Waals surface area contributed by atoms with Crippen LogP contribution < -0.4 is 10.2 Å². The highest BCUT2D eigenvalue weighted by Crippen LogP contribution is 2.25. The van der Waals surface area contributed by atoms with Crippen LogP contribution in [-0.4, -0.2) is 95.4 Å². The van der Waals surface area contributed by atoms with Crippen molar-refractivity contribution in [2.45, 2.75) is 90.5 Å². The molecular weight excluding hydrogens is 639 g/mol. The summed E-state index contributed by atoms with van der Waals surface area (Å²) in [6.07, 6.45) is 3.19. The molecule has 0 bridgehead atoms. The van der Waals surface area contributed by atoms with Gasteiger partial charge in [-0.3, -0.25) is 20.2 Å². The number of anilines is 1. The quantitative estimate of drug-likeness (QED) is 0.262. The summed E-state index contributed by atoms with van der Waals surface area (Å²) in [7, 11) is 3.60. The molecule has 2 aliphatic rings. The van der Waals surface area contributed by atoms with Crippen molar-refractivity contribution in [1.82, 2.24) is 15.1 Å². The van der Waals surface area contributed by atoms with Crippen molar-refractivity contribution < 1.29 is 33.3 Å². The van der Waals surface area contributed by atoms with E-state index in [2.05, 4.69) is 10.2 Å². The number of rotatable bonds is 5. The summed E-state index contributed by atoms with van der Waals surface area (Å²) in [5, 5.41) is 24.0. The number of hydrogen-bond donors (Lipinski definition) is 1. The molecule has 2 amide bonds. The van der Waals surface area contributed by atoms with E-state index in [1.54, 1.807) is 29.0 Å². The van der Waals surface area contributed by atoms with Gasteiger partial charge in [-0.15, -0.1) is 0 Å². The maximum Gasteiger partial charge on any atom is 0.410 e. The fraction of sp³-hybridized carbons (Fsp3) is 0.588. The predicted molar refractivity (Wildman–Crippen MR) is 185 cm³/mol. The zero-order valence-electron chi connectivity index (χ0n) is 29.8. The predicted octanol–water partition coefficient (Wildman–Crippen LogP) is 6.77.